The van der Waals surface area contributed by atoms with Crippen LogP contribution in [0.15, 0.2) is 0 Å². The summed E-state index contributed by atoms with van der Waals surface area (Å²) in [6.07, 6.45) is 18.8. The molecule has 4 nitrogen and oxygen atoms in total. The van der Waals surface area contributed by atoms with Crippen LogP contribution in [0.1, 0.15) is 129 Å². The van der Waals surface area contributed by atoms with Crippen molar-refractivity contribution in [2.24, 2.45) is 0 Å². The van der Waals surface area contributed by atoms with E-state index in [-0.39, 0.29) is 35.7 Å². The number of aliphatic hydroxyl groups excluding tert-OH is 1. The molecule has 0 rings (SSSR count). The van der Waals surface area contributed by atoms with Crippen molar-refractivity contribution in [3.63, 3.8) is 0 Å². The van der Waals surface area contributed by atoms with Gasteiger partial charge < -0.3 is 9.66 Å². The minimum absolute atomic E-state index is 0. The summed E-state index contributed by atoms with van der Waals surface area (Å²) in [5, 5.41) is 9.30. The predicted octanol–water partition coefficient (Wildman–Crippen LogP) is 3.33. The SMILES string of the molecule is CCCCCCCC(O)CCCCCCCCCCC(CCC)S(=O)(=O)[O-].[Na+]. The average Bonchev–Trinajstić information content (AvgIpc) is 2.61. The molecule has 0 aromatic heterocycles. The van der Waals surface area contributed by atoms with Crippen LogP contribution in [0.25, 0.3) is 0 Å². The second-order valence-electron chi connectivity index (χ2n) is 8.17. The van der Waals surface area contributed by atoms with E-state index < -0.39 is 15.4 Å². The Hall–Kier alpha value is 0.870. The Morgan fingerprint density at radius 1 is 0.643 bits per heavy atom. The Morgan fingerprint density at radius 2 is 1.04 bits per heavy atom. The number of hydrogen-bond acceptors (Lipinski definition) is 4. The van der Waals surface area contributed by atoms with Crippen molar-refractivity contribution in [1.29, 1.82) is 0 Å². The summed E-state index contributed by atoms with van der Waals surface area (Å²) >= 11 is 0. The van der Waals surface area contributed by atoms with E-state index in [9.17, 15) is 18.1 Å². The van der Waals surface area contributed by atoms with Gasteiger partial charge in [-0.25, -0.2) is 8.42 Å². The number of hydrogen-bond donors (Lipinski definition) is 1. The van der Waals surface area contributed by atoms with Gasteiger partial charge in [-0.3, -0.25) is 0 Å². The van der Waals surface area contributed by atoms with Crippen LogP contribution in [0.3, 0.4) is 0 Å². The molecule has 2 unspecified atom stereocenters. The van der Waals surface area contributed by atoms with Gasteiger partial charge in [0.15, 0.2) is 0 Å². The maximum atomic E-state index is 11.2. The van der Waals surface area contributed by atoms with Gasteiger partial charge in [0.1, 0.15) is 0 Å². The maximum absolute atomic E-state index is 11.2. The topological polar surface area (TPSA) is 77.4 Å². The molecule has 0 spiro atoms. The number of unbranched alkanes of at least 4 members (excludes halogenated alkanes) is 11. The maximum Gasteiger partial charge on any atom is 1.00 e. The van der Waals surface area contributed by atoms with Gasteiger partial charge in [0.2, 0.25) is 0 Å². The van der Waals surface area contributed by atoms with Crippen LogP contribution in [-0.2, 0) is 10.1 Å². The molecule has 28 heavy (non-hydrogen) atoms. The quantitative estimate of drug-likeness (QED) is 0.183. The standard InChI is InChI=1S/C22H46O4S.Na/c1-3-5-6-11-14-18-21(23)19-15-12-9-7-8-10-13-16-20-22(17-4-2)27(24,25)26;/h21-23H,3-20H2,1-2H3,(H,24,25,26);/q;+1/p-1. The van der Waals surface area contributed by atoms with Crippen molar-refractivity contribution in [3.8, 4) is 0 Å². The molecule has 0 saturated carbocycles. The van der Waals surface area contributed by atoms with Gasteiger partial charge in [-0.15, -0.1) is 0 Å². The molecule has 0 aliphatic heterocycles. The second kappa shape index (κ2) is 21.1. The summed E-state index contributed by atoms with van der Waals surface area (Å²) in [6.45, 7) is 4.14. The molecule has 0 radical (unpaired) electrons. The van der Waals surface area contributed by atoms with Gasteiger partial charge in [0, 0.05) is 5.25 Å². The van der Waals surface area contributed by atoms with Gasteiger partial charge in [-0.2, -0.15) is 0 Å². The van der Waals surface area contributed by atoms with Gasteiger partial charge >= 0.3 is 29.6 Å². The minimum atomic E-state index is -4.12. The Kier molecular flexibility index (Phi) is 23.4. The third-order valence-electron chi connectivity index (χ3n) is 5.47. The van der Waals surface area contributed by atoms with E-state index in [0.29, 0.717) is 12.8 Å². The molecule has 0 fully saturated rings. The minimum Gasteiger partial charge on any atom is -0.748 e. The zero-order valence-electron chi connectivity index (χ0n) is 19.0. The van der Waals surface area contributed by atoms with Crippen molar-refractivity contribution >= 4 is 10.1 Å². The molecule has 0 heterocycles. The van der Waals surface area contributed by atoms with Gasteiger partial charge in [0.25, 0.3) is 0 Å². The van der Waals surface area contributed by atoms with Gasteiger partial charge in [-0.1, -0.05) is 104 Å². The van der Waals surface area contributed by atoms with Crippen molar-refractivity contribution in [2.45, 2.75) is 141 Å². The van der Waals surface area contributed by atoms with Crippen LogP contribution in [-0.4, -0.2) is 29.4 Å². The largest absolute Gasteiger partial charge is 1.00 e. The summed E-state index contributed by atoms with van der Waals surface area (Å²) in [6, 6.07) is 0. The van der Waals surface area contributed by atoms with Crippen molar-refractivity contribution in [1.82, 2.24) is 0 Å². The molecule has 0 amide bonds. The fraction of sp³-hybridized carbons (Fsp3) is 1.00. The smallest absolute Gasteiger partial charge is 0.748 e. The fourth-order valence-corrected chi connectivity index (χ4v) is 4.68. The molecule has 2 atom stereocenters. The summed E-state index contributed by atoms with van der Waals surface area (Å²) in [4.78, 5) is 0. The fourth-order valence-electron chi connectivity index (χ4n) is 3.70. The molecule has 1 N–H and O–H groups in total. The summed E-state index contributed by atoms with van der Waals surface area (Å²) in [5.41, 5.74) is 0. The second-order valence-corrected chi connectivity index (χ2v) is 9.82. The van der Waals surface area contributed by atoms with E-state index in [1.54, 1.807) is 0 Å². The molecule has 0 aliphatic carbocycles. The third-order valence-corrected chi connectivity index (χ3v) is 6.76. The molecule has 0 aliphatic rings. The predicted molar refractivity (Wildman–Crippen MR) is 114 cm³/mol. The Labute approximate surface area is 197 Å². The molecule has 0 aromatic rings. The summed E-state index contributed by atoms with van der Waals surface area (Å²) in [5.74, 6) is 0. The normalized spacial score (nSPS) is 13.9. The van der Waals surface area contributed by atoms with Crippen LogP contribution in [0.5, 0.6) is 0 Å². The molecule has 0 bridgehead atoms. The van der Waals surface area contributed by atoms with E-state index in [2.05, 4.69) is 6.92 Å². The van der Waals surface area contributed by atoms with Crippen LogP contribution in [0.2, 0.25) is 0 Å². The third kappa shape index (κ3) is 20.2. The van der Waals surface area contributed by atoms with E-state index in [1.807, 2.05) is 6.92 Å². The molecule has 0 saturated heterocycles. The van der Waals surface area contributed by atoms with Crippen LogP contribution >= 0.6 is 0 Å². The zero-order chi connectivity index (χ0) is 20.4. The Morgan fingerprint density at radius 3 is 1.43 bits per heavy atom. The monoisotopic (exact) mass is 428 g/mol. The molecular formula is C22H45NaO4S. The van der Waals surface area contributed by atoms with E-state index in [1.165, 1.54) is 51.4 Å². The van der Waals surface area contributed by atoms with Crippen LogP contribution in [0.4, 0.5) is 0 Å². The first kappa shape index (κ1) is 31.1. The van der Waals surface area contributed by atoms with Crippen molar-refractivity contribution in [2.75, 3.05) is 0 Å². The number of aliphatic hydroxyl groups is 1. The average molecular weight is 429 g/mol. The van der Waals surface area contributed by atoms with Crippen molar-refractivity contribution < 1.29 is 47.6 Å². The first-order valence-electron chi connectivity index (χ1n) is 11.5. The zero-order valence-corrected chi connectivity index (χ0v) is 21.8. The summed E-state index contributed by atoms with van der Waals surface area (Å²) < 4.78 is 33.5. The van der Waals surface area contributed by atoms with Gasteiger partial charge in [0.05, 0.1) is 16.2 Å². The van der Waals surface area contributed by atoms with Crippen LogP contribution in [0, 0.1) is 0 Å². The summed E-state index contributed by atoms with van der Waals surface area (Å²) in [7, 11) is -4.12. The first-order valence-corrected chi connectivity index (χ1v) is 13.0. The molecule has 6 heteroatoms. The molecule has 0 aromatic carbocycles. The van der Waals surface area contributed by atoms with Crippen LogP contribution < -0.4 is 29.6 Å². The Bertz CT molecular complexity index is 415. The molecular weight excluding hydrogens is 383 g/mol. The van der Waals surface area contributed by atoms with E-state index in [4.69, 9.17) is 0 Å². The van der Waals surface area contributed by atoms with E-state index >= 15 is 0 Å². The van der Waals surface area contributed by atoms with E-state index in [0.717, 1.165) is 51.4 Å². The first-order chi connectivity index (χ1) is 12.9. The molecule has 164 valence electrons. The van der Waals surface area contributed by atoms with Gasteiger partial charge in [-0.05, 0) is 25.7 Å². The van der Waals surface area contributed by atoms with Crippen molar-refractivity contribution in [3.05, 3.63) is 0 Å². The number of rotatable bonds is 20. The Balaban J connectivity index is 0.